The van der Waals surface area contributed by atoms with Crippen LogP contribution in [-0.2, 0) is 0 Å². The Hall–Kier alpha value is -2.62. The molecule has 3 aromatic rings. The van der Waals surface area contributed by atoms with E-state index in [4.69, 9.17) is 4.74 Å². The van der Waals surface area contributed by atoms with E-state index >= 15 is 0 Å². The summed E-state index contributed by atoms with van der Waals surface area (Å²) in [6, 6.07) is 16.0. The number of anilines is 1. The molecule has 0 spiro atoms. The zero-order valence-corrected chi connectivity index (χ0v) is 11.4. The average molecular weight is 265 g/mol. The summed E-state index contributed by atoms with van der Waals surface area (Å²) in [5.41, 5.74) is 1.90. The molecule has 0 unspecified atom stereocenters. The lowest BCUT2D eigenvalue weighted by molar-refractivity contribution is 0.415. The van der Waals surface area contributed by atoms with Gasteiger partial charge in [-0.3, -0.25) is 0 Å². The van der Waals surface area contributed by atoms with E-state index in [1.807, 2.05) is 49.5 Å². The first-order valence-corrected chi connectivity index (χ1v) is 6.41. The molecule has 0 amide bonds. The number of nitrogens with zero attached hydrogens (tertiary/aromatic N) is 2. The lowest BCUT2D eigenvalue weighted by Crippen LogP contribution is -1.98. The number of hydrogen-bond acceptors (Lipinski definition) is 4. The van der Waals surface area contributed by atoms with Crippen molar-refractivity contribution in [3.05, 3.63) is 48.5 Å². The van der Waals surface area contributed by atoms with Gasteiger partial charge in [-0.15, -0.1) is 10.2 Å². The van der Waals surface area contributed by atoms with Crippen LogP contribution < -0.4 is 10.1 Å². The fourth-order valence-corrected chi connectivity index (χ4v) is 2.25. The molecule has 1 heterocycles. The van der Waals surface area contributed by atoms with Crippen molar-refractivity contribution in [2.24, 2.45) is 0 Å². The first kappa shape index (κ1) is 12.4. The summed E-state index contributed by atoms with van der Waals surface area (Å²) in [6.45, 7) is 0. The molecule has 1 N–H and O–H groups in total. The van der Waals surface area contributed by atoms with Crippen molar-refractivity contribution in [2.75, 3.05) is 19.5 Å². The van der Waals surface area contributed by atoms with Crippen LogP contribution in [0.3, 0.4) is 0 Å². The lowest BCUT2D eigenvalue weighted by atomic mass is 10.0. The normalized spacial score (nSPS) is 10.5. The van der Waals surface area contributed by atoms with Gasteiger partial charge in [-0.1, -0.05) is 24.3 Å². The summed E-state index contributed by atoms with van der Waals surface area (Å²) >= 11 is 0. The second-order valence-corrected chi connectivity index (χ2v) is 4.42. The first-order valence-electron chi connectivity index (χ1n) is 6.41. The lowest BCUT2D eigenvalue weighted by Gasteiger charge is -2.09. The molecule has 20 heavy (non-hydrogen) atoms. The Kier molecular flexibility index (Phi) is 3.21. The van der Waals surface area contributed by atoms with Crippen molar-refractivity contribution in [1.29, 1.82) is 0 Å². The number of benzene rings is 2. The van der Waals surface area contributed by atoms with Gasteiger partial charge in [0.15, 0.2) is 5.82 Å². The molecular weight excluding hydrogens is 250 g/mol. The van der Waals surface area contributed by atoms with Crippen molar-refractivity contribution < 1.29 is 4.74 Å². The third-order valence-corrected chi connectivity index (χ3v) is 3.29. The van der Waals surface area contributed by atoms with Crippen molar-refractivity contribution in [2.45, 2.75) is 0 Å². The smallest absolute Gasteiger partial charge is 0.156 e. The molecule has 4 nitrogen and oxygen atoms in total. The number of methoxy groups -OCH3 is 1. The van der Waals surface area contributed by atoms with E-state index in [1.165, 1.54) is 0 Å². The van der Waals surface area contributed by atoms with Gasteiger partial charge in [0.2, 0.25) is 0 Å². The predicted octanol–water partition coefficient (Wildman–Crippen LogP) is 3.35. The molecule has 0 bridgehead atoms. The number of aromatic nitrogens is 2. The summed E-state index contributed by atoms with van der Waals surface area (Å²) in [4.78, 5) is 0. The quantitative estimate of drug-likeness (QED) is 0.789. The standard InChI is InChI=1S/C16H15N3O/c1-17-16-14-6-4-3-5-13(14)15(18-19-16)11-7-9-12(20-2)10-8-11/h3-10H,1-2H3,(H,17,19). The fourth-order valence-electron chi connectivity index (χ4n) is 2.25. The van der Waals surface area contributed by atoms with Gasteiger partial charge < -0.3 is 10.1 Å². The maximum absolute atomic E-state index is 5.18. The van der Waals surface area contributed by atoms with Gasteiger partial charge >= 0.3 is 0 Å². The van der Waals surface area contributed by atoms with Crippen LogP contribution >= 0.6 is 0 Å². The molecule has 2 aromatic carbocycles. The Balaban J connectivity index is 2.20. The van der Waals surface area contributed by atoms with Gasteiger partial charge in [0, 0.05) is 23.4 Å². The van der Waals surface area contributed by atoms with Gasteiger partial charge in [0.1, 0.15) is 11.4 Å². The van der Waals surface area contributed by atoms with Crippen LogP contribution in [0.4, 0.5) is 5.82 Å². The Bertz CT molecular complexity index is 738. The number of nitrogens with one attached hydrogen (secondary N) is 1. The van der Waals surface area contributed by atoms with E-state index in [-0.39, 0.29) is 0 Å². The zero-order valence-electron chi connectivity index (χ0n) is 11.4. The van der Waals surface area contributed by atoms with E-state index in [9.17, 15) is 0 Å². The predicted molar refractivity (Wildman–Crippen MR) is 81.1 cm³/mol. The summed E-state index contributed by atoms with van der Waals surface area (Å²) in [6.07, 6.45) is 0. The van der Waals surface area contributed by atoms with Crippen LogP contribution in [0.2, 0.25) is 0 Å². The van der Waals surface area contributed by atoms with Gasteiger partial charge in [0.25, 0.3) is 0 Å². The van der Waals surface area contributed by atoms with Crippen molar-refractivity contribution in [1.82, 2.24) is 10.2 Å². The van der Waals surface area contributed by atoms with E-state index in [0.717, 1.165) is 33.6 Å². The van der Waals surface area contributed by atoms with Gasteiger partial charge in [0.05, 0.1) is 7.11 Å². The van der Waals surface area contributed by atoms with Crippen molar-refractivity contribution >= 4 is 16.6 Å². The molecule has 4 heteroatoms. The minimum Gasteiger partial charge on any atom is -0.497 e. The fraction of sp³-hybridized carbons (Fsp3) is 0.125. The highest BCUT2D eigenvalue weighted by Gasteiger charge is 2.09. The van der Waals surface area contributed by atoms with Gasteiger partial charge in [-0.25, -0.2) is 0 Å². The maximum Gasteiger partial charge on any atom is 0.156 e. The van der Waals surface area contributed by atoms with E-state index < -0.39 is 0 Å². The van der Waals surface area contributed by atoms with Crippen molar-refractivity contribution in [3.8, 4) is 17.0 Å². The molecule has 0 aliphatic heterocycles. The molecular formula is C16H15N3O. The molecule has 0 aliphatic rings. The number of ether oxygens (including phenoxy) is 1. The Morgan fingerprint density at radius 1 is 0.900 bits per heavy atom. The Morgan fingerprint density at radius 2 is 1.60 bits per heavy atom. The third kappa shape index (κ3) is 2.05. The Labute approximate surface area is 117 Å². The zero-order chi connectivity index (χ0) is 13.9. The summed E-state index contributed by atoms with van der Waals surface area (Å²) < 4.78 is 5.18. The number of hydrogen-bond donors (Lipinski definition) is 1. The van der Waals surface area contributed by atoms with E-state index in [0.29, 0.717) is 0 Å². The largest absolute Gasteiger partial charge is 0.497 e. The minimum atomic E-state index is 0.790. The number of rotatable bonds is 3. The molecule has 0 fully saturated rings. The molecule has 0 saturated heterocycles. The molecule has 0 atom stereocenters. The van der Waals surface area contributed by atoms with Crippen molar-refractivity contribution in [3.63, 3.8) is 0 Å². The van der Waals surface area contributed by atoms with Crippen LogP contribution in [0.15, 0.2) is 48.5 Å². The van der Waals surface area contributed by atoms with Gasteiger partial charge in [-0.2, -0.15) is 0 Å². The third-order valence-electron chi connectivity index (χ3n) is 3.29. The van der Waals surface area contributed by atoms with E-state index in [2.05, 4.69) is 21.6 Å². The minimum absolute atomic E-state index is 0.790. The molecule has 100 valence electrons. The van der Waals surface area contributed by atoms with Crippen LogP contribution in [0, 0.1) is 0 Å². The first-order chi connectivity index (χ1) is 9.83. The van der Waals surface area contributed by atoms with E-state index in [1.54, 1.807) is 7.11 Å². The average Bonchev–Trinajstić information content (AvgIpc) is 2.54. The second kappa shape index (κ2) is 5.17. The molecule has 0 saturated carbocycles. The Morgan fingerprint density at radius 3 is 2.25 bits per heavy atom. The highest BCUT2D eigenvalue weighted by atomic mass is 16.5. The van der Waals surface area contributed by atoms with Crippen LogP contribution in [0.1, 0.15) is 0 Å². The summed E-state index contributed by atoms with van der Waals surface area (Å²) in [7, 11) is 3.51. The summed E-state index contributed by atoms with van der Waals surface area (Å²) in [5, 5.41) is 13.8. The molecule has 0 aliphatic carbocycles. The topological polar surface area (TPSA) is 47.0 Å². The maximum atomic E-state index is 5.18. The highest BCUT2D eigenvalue weighted by Crippen LogP contribution is 2.30. The monoisotopic (exact) mass is 265 g/mol. The molecule has 1 aromatic heterocycles. The SMILES string of the molecule is CNc1nnc(-c2ccc(OC)cc2)c2ccccc12. The molecule has 0 radical (unpaired) electrons. The second-order valence-electron chi connectivity index (χ2n) is 4.42. The summed E-state index contributed by atoms with van der Waals surface area (Å²) in [5.74, 6) is 1.62. The van der Waals surface area contributed by atoms with Crippen LogP contribution in [-0.4, -0.2) is 24.4 Å². The van der Waals surface area contributed by atoms with Crippen LogP contribution in [0.5, 0.6) is 5.75 Å². The van der Waals surface area contributed by atoms with Crippen LogP contribution in [0.25, 0.3) is 22.0 Å². The highest BCUT2D eigenvalue weighted by molar-refractivity contribution is 5.99. The number of fused-ring (bicyclic) bond motifs is 1. The molecule has 3 rings (SSSR count). The van der Waals surface area contributed by atoms with Gasteiger partial charge in [-0.05, 0) is 24.3 Å².